The molecule has 0 radical (unpaired) electrons. The number of carbonyl (C=O) groups is 2. The maximum absolute atomic E-state index is 12.7. The van der Waals surface area contributed by atoms with Gasteiger partial charge in [0.15, 0.2) is 0 Å². The summed E-state index contributed by atoms with van der Waals surface area (Å²) >= 11 is 0. The van der Waals surface area contributed by atoms with E-state index in [0.29, 0.717) is 12.8 Å². The van der Waals surface area contributed by atoms with Crippen molar-refractivity contribution in [2.45, 2.75) is 92.4 Å². The van der Waals surface area contributed by atoms with E-state index in [9.17, 15) is 9.59 Å². The van der Waals surface area contributed by atoms with Crippen molar-refractivity contribution >= 4 is 33.9 Å². The lowest BCUT2D eigenvalue weighted by molar-refractivity contribution is 0.0872. The quantitative estimate of drug-likeness (QED) is 0.123. The topological polar surface area (TPSA) is 127 Å². The van der Waals surface area contributed by atoms with Gasteiger partial charge in [-0.3, -0.25) is 9.59 Å². The Morgan fingerprint density at radius 2 is 1.13 bits per heavy atom. The molecule has 268 valence electrons. The molecule has 10 heteroatoms. The SMILES string of the molecule is CCCCCC(=O)n1nc(C)c(Cc2c[nH]c3ncccc23)c1C.Cc1nn(C(=O)CCCc2ccccc2)c(C)c1Cc1c[nH]c2ncccc12. The lowest BCUT2D eigenvalue weighted by atomic mass is 10.0. The van der Waals surface area contributed by atoms with Crippen LogP contribution in [0.5, 0.6) is 0 Å². The zero-order chi connectivity index (χ0) is 36.6. The highest BCUT2D eigenvalue weighted by molar-refractivity contribution is 5.82. The molecule has 0 spiro atoms. The van der Waals surface area contributed by atoms with Gasteiger partial charge in [0.25, 0.3) is 0 Å². The number of nitrogens with one attached hydrogen (secondary N) is 2. The summed E-state index contributed by atoms with van der Waals surface area (Å²) in [5.74, 6) is 0.152. The molecule has 6 heterocycles. The maximum atomic E-state index is 12.7. The minimum Gasteiger partial charge on any atom is -0.346 e. The Kier molecular flexibility index (Phi) is 11.5. The number of pyridine rings is 2. The van der Waals surface area contributed by atoms with E-state index in [0.717, 1.165) is 101 Å². The zero-order valence-corrected chi connectivity index (χ0v) is 30.9. The number of aromatic nitrogens is 8. The molecule has 0 fully saturated rings. The lowest BCUT2D eigenvalue weighted by Gasteiger charge is -2.05. The van der Waals surface area contributed by atoms with Crippen molar-refractivity contribution in [1.29, 1.82) is 0 Å². The zero-order valence-electron chi connectivity index (χ0n) is 30.9. The predicted molar refractivity (Wildman–Crippen MR) is 206 cm³/mol. The molecule has 1 aromatic carbocycles. The lowest BCUT2D eigenvalue weighted by Crippen LogP contribution is -2.14. The molecule has 0 unspecified atom stereocenters. The Hall–Kier alpha value is -5.64. The van der Waals surface area contributed by atoms with Gasteiger partial charge in [-0.25, -0.2) is 19.3 Å². The Morgan fingerprint density at radius 3 is 1.63 bits per heavy atom. The van der Waals surface area contributed by atoms with Crippen LogP contribution in [0.3, 0.4) is 0 Å². The van der Waals surface area contributed by atoms with Crippen molar-refractivity contribution in [3.8, 4) is 0 Å². The Balaban J connectivity index is 0.000000181. The van der Waals surface area contributed by atoms with Crippen molar-refractivity contribution in [1.82, 2.24) is 39.5 Å². The second-order valence-corrected chi connectivity index (χ2v) is 13.5. The van der Waals surface area contributed by atoms with Gasteiger partial charge in [0.1, 0.15) is 11.3 Å². The van der Waals surface area contributed by atoms with E-state index in [1.807, 2.05) is 70.4 Å². The van der Waals surface area contributed by atoms with E-state index in [1.165, 1.54) is 16.7 Å². The molecule has 0 atom stereocenters. The molecule has 0 bridgehead atoms. The number of H-pyrrole nitrogens is 2. The third-order valence-electron chi connectivity index (χ3n) is 9.86. The van der Waals surface area contributed by atoms with E-state index in [4.69, 9.17) is 0 Å². The van der Waals surface area contributed by atoms with Gasteiger partial charge < -0.3 is 9.97 Å². The molecular weight excluding hydrogens is 649 g/mol. The van der Waals surface area contributed by atoms with Gasteiger partial charge in [-0.2, -0.15) is 10.2 Å². The normalized spacial score (nSPS) is 11.2. The van der Waals surface area contributed by atoms with Gasteiger partial charge in [-0.15, -0.1) is 0 Å². The molecular formula is C42H48N8O2. The fourth-order valence-electron chi connectivity index (χ4n) is 6.87. The van der Waals surface area contributed by atoms with Crippen LogP contribution in [0.15, 0.2) is 79.4 Å². The molecule has 6 aromatic heterocycles. The Labute approximate surface area is 304 Å². The highest BCUT2D eigenvalue weighted by Crippen LogP contribution is 2.25. The van der Waals surface area contributed by atoms with Gasteiger partial charge in [0.2, 0.25) is 11.8 Å². The molecule has 7 rings (SSSR count). The molecule has 0 aliphatic rings. The standard InChI is InChI=1S/C23H24N4O.C19H24N4O/c1-16-21(14-19-15-25-23-20(19)11-7-13-24-23)17(2)27(26-16)22(28)12-6-10-18-8-4-3-5-9-18;1-4-5-6-9-18(24)23-14(3)17(13(2)22-23)11-15-12-21-19-16(15)8-7-10-20-19/h3-5,7-9,11,13,15H,6,10,12,14H2,1-2H3,(H,24,25);7-8,10,12H,4-6,9,11H2,1-3H3,(H,20,21). The van der Waals surface area contributed by atoms with Gasteiger partial charge >= 0.3 is 0 Å². The van der Waals surface area contributed by atoms with E-state index in [1.54, 1.807) is 21.8 Å². The average molecular weight is 697 g/mol. The summed E-state index contributed by atoms with van der Waals surface area (Å²) in [5.41, 5.74) is 11.4. The van der Waals surface area contributed by atoms with E-state index in [-0.39, 0.29) is 11.8 Å². The molecule has 0 amide bonds. The smallest absolute Gasteiger partial charge is 0.247 e. The van der Waals surface area contributed by atoms with Crippen molar-refractivity contribution in [2.75, 3.05) is 0 Å². The highest BCUT2D eigenvalue weighted by atomic mass is 16.2. The van der Waals surface area contributed by atoms with E-state index < -0.39 is 0 Å². The van der Waals surface area contributed by atoms with E-state index in [2.05, 4.69) is 61.3 Å². The maximum Gasteiger partial charge on any atom is 0.247 e. The number of hydrogen-bond acceptors (Lipinski definition) is 6. The molecule has 0 saturated carbocycles. The molecule has 7 aromatic rings. The van der Waals surface area contributed by atoms with Crippen LogP contribution in [0.1, 0.15) is 106 Å². The van der Waals surface area contributed by atoms with Crippen LogP contribution < -0.4 is 0 Å². The van der Waals surface area contributed by atoms with Gasteiger partial charge in [-0.05, 0) is 87.9 Å². The van der Waals surface area contributed by atoms with Crippen LogP contribution in [-0.4, -0.2) is 51.3 Å². The number of aryl methyl sites for hydroxylation is 3. The largest absolute Gasteiger partial charge is 0.346 e. The van der Waals surface area contributed by atoms with Crippen molar-refractivity contribution in [3.63, 3.8) is 0 Å². The predicted octanol–water partition coefficient (Wildman–Crippen LogP) is 8.82. The van der Waals surface area contributed by atoms with Crippen LogP contribution in [-0.2, 0) is 19.3 Å². The van der Waals surface area contributed by atoms with Crippen molar-refractivity contribution in [3.05, 3.63) is 130 Å². The summed E-state index contributed by atoms with van der Waals surface area (Å²) in [5, 5.41) is 11.3. The van der Waals surface area contributed by atoms with Crippen LogP contribution in [0, 0.1) is 27.7 Å². The number of fused-ring (bicyclic) bond motifs is 2. The van der Waals surface area contributed by atoms with Crippen LogP contribution in [0.4, 0.5) is 0 Å². The van der Waals surface area contributed by atoms with E-state index >= 15 is 0 Å². The third kappa shape index (κ3) is 8.12. The molecule has 0 saturated heterocycles. The minimum absolute atomic E-state index is 0.0587. The first-order valence-electron chi connectivity index (χ1n) is 18.3. The number of nitrogens with zero attached hydrogens (tertiary/aromatic N) is 6. The number of aromatic amines is 2. The highest BCUT2D eigenvalue weighted by Gasteiger charge is 2.19. The summed E-state index contributed by atoms with van der Waals surface area (Å²) in [7, 11) is 0. The molecule has 0 aliphatic carbocycles. The van der Waals surface area contributed by atoms with Crippen molar-refractivity contribution in [2.24, 2.45) is 0 Å². The second kappa shape index (κ2) is 16.6. The molecule has 2 N–H and O–H groups in total. The van der Waals surface area contributed by atoms with Gasteiger partial charge in [0, 0.05) is 83.8 Å². The van der Waals surface area contributed by atoms with Gasteiger partial charge in [-0.1, -0.05) is 50.1 Å². The summed E-state index contributed by atoms with van der Waals surface area (Å²) in [4.78, 5) is 40.2. The summed E-state index contributed by atoms with van der Waals surface area (Å²) in [6.45, 7) is 10.1. The van der Waals surface area contributed by atoms with Crippen molar-refractivity contribution < 1.29 is 9.59 Å². The van der Waals surface area contributed by atoms with Gasteiger partial charge in [0.05, 0.1) is 11.4 Å². The second-order valence-electron chi connectivity index (χ2n) is 13.5. The molecule has 0 aliphatic heterocycles. The fraction of sp³-hybridized carbons (Fsp3) is 0.333. The first-order valence-corrected chi connectivity index (χ1v) is 18.3. The Bertz CT molecular complexity index is 2290. The average Bonchev–Trinajstić information content (AvgIpc) is 3.91. The summed E-state index contributed by atoms with van der Waals surface area (Å²) in [6.07, 6.45) is 15.0. The van der Waals surface area contributed by atoms with Crippen LogP contribution in [0.2, 0.25) is 0 Å². The third-order valence-corrected chi connectivity index (χ3v) is 9.86. The first kappa shape index (κ1) is 36.2. The summed E-state index contributed by atoms with van der Waals surface area (Å²) in [6, 6.07) is 18.3. The molecule has 52 heavy (non-hydrogen) atoms. The number of rotatable bonds is 12. The first-order chi connectivity index (χ1) is 25.2. The number of unbranched alkanes of at least 4 members (excludes halogenated alkanes) is 2. The minimum atomic E-state index is 0.0587. The number of carbonyl (C=O) groups excluding carboxylic acids is 2. The van der Waals surface area contributed by atoms with Crippen LogP contribution in [0.25, 0.3) is 22.1 Å². The molecule has 10 nitrogen and oxygen atoms in total. The number of hydrogen-bond donors (Lipinski definition) is 2. The number of benzene rings is 1. The van der Waals surface area contributed by atoms with Crippen LogP contribution >= 0.6 is 0 Å². The monoisotopic (exact) mass is 696 g/mol. The Morgan fingerprint density at radius 1 is 0.635 bits per heavy atom. The fourth-order valence-corrected chi connectivity index (χ4v) is 6.87. The summed E-state index contributed by atoms with van der Waals surface area (Å²) < 4.78 is 3.18.